The smallest absolute Gasteiger partial charge is 0.309 e. The lowest BCUT2D eigenvalue weighted by Crippen LogP contribution is -2.23. The molecule has 1 aromatic carbocycles. The predicted octanol–water partition coefficient (Wildman–Crippen LogP) is 2.99. The number of benzene rings is 1. The number of ether oxygens (including phenoxy) is 1. The van der Waals surface area contributed by atoms with Crippen molar-refractivity contribution in [2.75, 3.05) is 6.61 Å². The van der Waals surface area contributed by atoms with Crippen molar-refractivity contribution in [3.05, 3.63) is 35.9 Å². The van der Waals surface area contributed by atoms with E-state index in [4.69, 9.17) is 4.74 Å². The van der Waals surface area contributed by atoms with E-state index in [0.29, 0.717) is 5.56 Å². The van der Waals surface area contributed by atoms with Crippen molar-refractivity contribution in [1.82, 2.24) is 0 Å². The van der Waals surface area contributed by atoms with Crippen LogP contribution in [-0.4, -0.2) is 18.4 Å². The summed E-state index contributed by atoms with van der Waals surface area (Å²) in [5.74, 6) is -0.346. The summed E-state index contributed by atoms with van der Waals surface area (Å²) in [6, 6.07) is 8.92. The Morgan fingerprint density at radius 2 is 1.72 bits per heavy atom. The zero-order chi connectivity index (χ0) is 12.8. The van der Waals surface area contributed by atoms with Gasteiger partial charge in [-0.25, -0.2) is 0 Å². The van der Waals surface area contributed by atoms with Crippen LogP contribution in [-0.2, 0) is 9.53 Å². The van der Waals surface area contributed by atoms with Crippen molar-refractivity contribution in [2.45, 2.75) is 32.1 Å². The Morgan fingerprint density at radius 3 is 2.39 bits per heavy atom. The molecule has 3 heteroatoms. The van der Waals surface area contributed by atoms with Gasteiger partial charge in [0.15, 0.2) is 12.4 Å². The number of hydrogen-bond donors (Lipinski definition) is 0. The van der Waals surface area contributed by atoms with Crippen LogP contribution >= 0.6 is 0 Å². The first-order valence-corrected chi connectivity index (χ1v) is 6.52. The number of ketones is 1. The average Bonchev–Trinajstić information content (AvgIpc) is 2.46. The first-order valence-electron chi connectivity index (χ1n) is 6.52. The van der Waals surface area contributed by atoms with Crippen LogP contribution in [0.1, 0.15) is 42.5 Å². The van der Waals surface area contributed by atoms with E-state index in [0.717, 1.165) is 25.7 Å². The lowest BCUT2D eigenvalue weighted by atomic mass is 9.89. The summed E-state index contributed by atoms with van der Waals surface area (Å²) in [7, 11) is 0. The van der Waals surface area contributed by atoms with Crippen molar-refractivity contribution >= 4 is 11.8 Å². The highest BCUT2D eigenvalue weighted by Gasteiger charge is 2.23. The molecule has 0 bridgehead atoms. The molecule has 3 nitrogen and oxygen atoms in total. The van der Waals surface area contributed by atoms with Crippen molar-refractivity contribution < 1.29 is 14.3 Å². The number of hydrogen-bond acceptors (Lipinski definition) is 3. The Labute approximate surface area is 107 Å². The molecule has 0 aliphatic heterocycles. The summed E-state index contributed by atoms with van der Waals surface area (Å²) >= 11 is 0. The van der Waals surface area contributed by atoms with Gasteiger partial charge in [0.05, 0.1) is 5.92 Å². The highest BCUT2D eigenvalue weighted by molar-refractivity contribution is 5.97. The Kier molecular flexibility index (Phi) is 4.51. The molecule has 0 unspecified atom stereocenters. The van der Waals surface area contributed by atoms with E-state index in [1.807, 2.05) is 6.07 Å². The number of carbonyl (C=O) groups is 2. The highest BCUT2D eigenvalue weighted by atomic mass is 16.5. The summed E-state index contributed by atoms with van der Waals surface area (Å²) in [5.41, 5.74) is 0.592. The van der Waals surface area contributed by atoms with Gasteiger partial charge in [-0.2, -0.15) is 0 Å². The molecule has 0 spiro atoms. The van der Waals surface area contributed by atoms with Gasteiger partial charge in [0, 0.05) is 5.56 Å². The summed E-state index contributed by atoms with van der Waals surface area (Å²) in [4.78, 5) is 23.5. The number of esters is 1. The van der Waals surface area contributed by atoms with E-state index in [-0.39, 0.29) is 24.3 Å². The van der Waals surface area contributed by atoms with Gasteiger partial charge in [-0.15, -0.1) is 0 Å². The van der Waals surface area contributed by atoms with Gasteiger partial charge >= 0.3 is 5.97 Å². The first-order chi connectivity index (χ1) is 8.77. The summed E-state index contributed by atoms with van der Waals surface area (Å²) in [6.45, 7) is -0.140. The van der Waals surface area contributed by atoms with Crippen LogP contribution < -0.4 is 0 Å². The molecule has 18 heavy (non-hydrogen) atoms. The summed E-state index contributed by atoms with van der Waals surface area (Å²) < 4.78 is 5.11. The quantitative estimate of drug-likeness (QED) is 0.606. The minimum atomic E-state index is -0.209. The van der Waals surface area contributed by atoms with Gasteiger partial charge in [0.25, 0.3) is 0 Å². The largest absolute Gasteiger partial charge is 0.457 e. The Balaban J connectivity index is 1.80. The standard InChI is InChI=1S/C15H18O3/c16-14(12-7-3-1-4-8-12)11-18-15(17)13-9-5-2-6-10-13/h1,3-4,7-8,13H,2,5-6,9-11H2. The normalized spacial score (nSPS) is 16.2. The van der Waals surface area contributed by atoms with Gasteiger partial charge in [-0.05, 0) is 12.8 Å². The monoisotopic (exact) mass is 246 g/mol. The van der Waals surface area contributed by atoms with Crippen molar-refractivity contribution in [3.63, 3.8) is 0 Å². The van der Waals surface area contributed by atoms with E-state index in [9.17, 15) is 9.59 Å². The number of rotatable bonds is 4. The fraction of sp³-hybridized carbons (Fsp3) is 0.467. The SMILES string of the molecule is O=C(COC(=O)C1CCCCC1)c1ccccc1. The average molecular weight is 246 g/mol. The van der Waals surface area contributed by atoms with Crippen LogP contribution in [0, 0.1) is 5.92 Å². The molecule has 0 N–H and O–H groups in total. The molecule has 0 heterocycles. The molecule has 1 aliphatic rings. The number of Topliss-reactive ketones (excluding diaryl/α,β-unsaturated/α-hetero) is 1. The lowest BCUT2D eigenvalue weighted by molar-refractivity contribution is -0.148. The molecule has 1 aromatic rings. The minimum Gasteiger partial charge on any atom is -0.457 e. The molecule has 0 saturated heterocycles. The van der Waals surface area contributed by atoms with Crippen molar-refractivity contribution in [2.24, 2.45) is 5.92 Å². The van der Waals surface area contributed by atoms with Gasteiger partial charge in [0.2, 0.25) is 0 Å². The zero-order valence-electron chi connectivity index (χ0n) is 10.4. The molecule has 2 rings (SSSR count). The maximum Gasteiger partial charge on any atom is 0.309 e. The topological polar surface area (TPSA) is 43.4 Å². The van der Waals surface area contributed by atoms with Gasteiger partial charge in [0.1, 0.15) is 0 Å². The Hall–Kier alpha value is -1.64. The maximum absolute atomic E-state index is 11.8. The molecule has 0 amide bonds. The lowest BCUT2D eigenvalue weighted by Gasteiger charge is -2.19. The third-order valence-corrected chi connectivity index (χ3v) is 3.38. The second-order valence-electron chi connectivity index (χ2n) is 4.73. The highest BCUT2D eigenvalue weighted by Crippen LogP contribution is 2.24. The predicted molar refractivity (Wildman–Crippen MR) is 68.3 cm³/mol. The van der Waals surface area contributed by atoms with Gasteiger partial charge < -0.3 is 4.74 Å². The van der Waals surface area contributed by atoms with E-state index >= 15 is 0 Å². The molecule has 96 valence electrons. The van der Waals surface area contributed by atoms with Crippen molar-refractivity contribution in [3.8, 4) is 0 Å². The molecule has 0 atom stereocenters. The molecular formula is C15H18O3. The molecule has 0 radical (unpaired) electrons. The van der Waals surface area contributed by atoms with Crippen LogP contribution in [0.25, 0.3) is 0 Å². The fourth-order valence-electron chi connectivity index (χ4n) is 2.30. The first kappa shape index (κ1) is 12.8. The molecule has 1 aliphatic carbocycles. The van der Waals surface area contributed by atoms with Crippen LogP contribution in [0.15, 0.2) is 30.3 Å². The van der Waals surface area contributed by atoms with E-state index in [2.05, 4.69) is 0 Å². The summed E-state index contributed by atoms with van der Waals surface area (Å²) in [5, 5.41) is 0. The third kappa shape index (κ3) is 3.42. The second kappa shape index (κ2) is 6.34. The third-order valence-electron chi connectivity index (χ3n) is 3.38. The van der Waals surface area contributed by atoms with E-state index < -0.39 is 0 Å². The van der Waals surface area contributed by atoms with Crippen molar-refractivity contribution in [1.29, 1.82) is 0 Å². The van der Waals surface area contributed by atoms with Gasteiger partial charge in [-0.3, -0.25) is 9.59 Å². The van der Waals surface area contributed by atoms with Gasteiger partial charge in [-0.1, -0.05) is 49.6 Å². The van der Waals surface area contributed by atoms with Crippen LogP contribution in [0.4, 0.5) is 0 Å². The fourth-order valence-corrected chi connectivity index (χ4v) is 2.30. The maximum atomic E-state index is 11.8. The molecule has 1 saturated carbocycles. The molecule has 1 fully saturated rings. The molecule has 0 aromatic heterocycles. The van der Waals surface area contributed by atoms with E-state index in [1.54, 1.807) is 24.3 Å². The minimum absolute atomic E-state index is 0.00215. The Morgan fingerprint density at radius 1 is 1.06 bits per heavy atom. The zero-order valence-corrected chi connectivity index (χ0v) is 10.4. The second-order valence-corrected chi connectivity index (χ2v) is 4.73. The van der Waals surface area contributed by atoms with E-state index in [1.165, 1.54) is 6.42 Å². The van der Waals surface area contributed by atoms with Crippen LogP contribution in [0.5, 0.6) is 0 Å². The summed E-state index contributed by atoms with van der Waals surface area (Å²) in [6.07, 6.45) is 5.18. The van der Waals surface area contributed by atoms with Crippen LogP contribution in [0.3, 0.4) is 0 Å². The Bertz CT molecular complexity index is 405. The van der Waals surface area contributed by atoms with Crippen LogP contribution in [0.2, 0.25) is 0 Å². The molecular weight excluding hydrogens is 228 g/mol. The number of carbonyl (C=O) groups excluding carboxylic acids is 2.